The third-order valence-corrected chi connectivity index (χ3v) is 6.37. The van der Waals surface area contributed by atoms with Gasteiger partial charge in [0.2, 0.25) is 0 Å². The zero-order valence-electron chi connectivity index (χ0n) is 13.9. The molecule has 5 atom stereocenters. The van der Waals surface area contributed by atoms with Crippen LogP contribution in [-0.2, 0) is 14.2 Å². The lowest BCUT2D eigenvalue weighted by Crippen LogP contribution is -2.49. The highest BCUT2D eigenvalue weighted by Crippen LogP contribution is 2.60. The lowest BCUT2D eigenvalue weighted by molar-refractivity contribution is -0.0198. The van der Waals surface area contributed by atoms with Gasteiger partial charge in [-0.2, -0.15) is 0 Å². The van der Waals surface area contributed by atoms with Crippen molar-refractivity contribution in [1.29, 1.82) is 0 Å². The highest BCUT2D eigenvalue weighted by molar-refractivity contribution is 5.27. The minimum absolute atomic E-state index is 0.00807. The van der Waals surface area contributed by atoms with Crippen LogP contribution in [0.4, 0.5) is 0 Å². The quantitative estimate of drug-likeness (QED) is 0.585. The Morgan fingerprint density at radius 2 is 2.05 bits per heavy atom. The molecule has 0 unspecified atom stereocenters. The van der Waals surface area contributed by atoms with Crippen LogP contribution in [-0.4, -0.2) is 37.1 Å². The highest BCUT2D eigenvalue weighted by atomic mass is 16.6. The SMILES string of the molecule is C=C1CC[C@]2(CO2)[C@@H]([C@]2(C)O[C@@H]2CC=C2CCCC2)[C@@H]1OC. The molecule has 2 heterocycles. The summed E-state index contributed by atoms with van der Waals surface area (Å²) in [5, 5.41) is 0. The summed E-state index contributed by atoms with van der Waals surface area (Å²) in [5.41, 5.74) is 2.71. The average molecular weight is 304 g/mol. The Morgan fingerprint density at radius 1 is 1.32 bits per heavy atom. The minimum Gasteiger partial charge on any atom is -0.377 e. The molecule has 0 radical (unpaired) electrons. The van der Waals surface area contributed by atoms with Crippen LogP contribution >= 0.6 is 0 Å². The Labute approximate surface area is 133 Å². The summed E-state index contributed by atoms with van der Waals surface area (Å²) < 4.78 is 17.9. The van der Waals surface area contributed by atoms with Crippen LogP contribution in [0.3, 0.4) is 0 Å². The number of rotatable bonds is 4. The van der Waals surface area contributed by atoms with E-state index in [-0.39, 0.29) is 17.3 Å². The smallest absolute Gasteiger partial charge is 0.101 e. The molecule has 22 heavy (non-hydrogen) atoms. The number of ether oxygens (including phenoxy) is 3. The Bertz CT molecular complexity index is 497. The Balaban J connectivity index is 1.50. The van der Waals surface area contributed by atoms with Crippen LogP contribution in [0.25, 0.3) is 0 Å². The van der Waals surface area contributed by atoms with Gasteiger partial charge in [0, 0.05) is 7.11 Å². The summed E-state index contributed by atoms with van der Waals surface area (Å²) in [6, 6.07) is 0. The first-order chi connectivity index (χ1) is 10.6. The van der Waals surface area contributed by atoms with Gasteiger partial charge in [0.05, 0.1) is 24.7 Å². The van der Waals surface area contributed by atoms with Gasteiger partial charge in [-0.3, -0.25) is 0 Å². The van der Waals surface area contributed by atoms with Crippen molar-refractivity contribution in [3.8, 4) is 0 Å². The Kier molecular flexibility index (Phi) is 3.52. The number of hydrogen-bond donors (Lipinski definition) is 0. The highest BCUT2D eigenvalue weighted by Gasteiger charge is 2.70. The van der Waals surface area contributed by atoms with Crippen molar-refractivity contribution in [2.45, 2.75) is 75.3 Å². The summed E-state index contributed by atoms with van der Waals surface area (Å²) in [6.07, 6.45) is 11.3. The molecular formula is C19H28O3. The fourth-order valence-electron chi connectivity index (χ4n) is 4.86. The van der Waals surface area contributed by atoms with Gasteiger partial charge in [-0.05, 0) is 57.4 Å². The maximum atomic E-state index is 6.21. The van der Waals surface area contributed by atoms with Crippen molar-refractivity contribution in [3.05, 3.63) is 23.8 Å². The average Bonchev–Trinajstić information content (AvgIpc) is 3.35. The normalized spacial score (nSPS) is 47.1. The van der Waals surface area contributed by atoms with Crippen LogP contribution < -0.4 is 0 Å². The van der Waals surface area contributed by atoms with Gasteiger partial charge in [-0.15, -0.1) is 0 Å². The Hall–Kier alpha value is -0.640. The molecule has 0 aromatic heterocycles. The summed E-state index contributed by atoms with van der Waals surface area (Å²) >= 11 is 0. The van der Waals surface area contributed by atoms with E-state index in [2.05, 4.69) is 19.6 Å². The first-order valence-electron chi connectivity index (χ1n) is 8.79. The molecule has 4 rings (SSSR count). The molecule has 2 aliphatic heterocycles. The molecule has 2 saturated heterocycles. The monoisotopic (exact) mass is 304 g/mol. The van der Waals surface area contributed by atoms with Gasteiger partial charge >= 0.3 is 0 Å². The van der Waals surface area contributed by atoms with Gasteiger partial charge in [0.1, 0.15) is 11.2 Å². The van der Waals surface area contributed by atoms with E-state index in [4.69, 9.17) is 14.2 Å². The van der Waals surface area contributed by atoms with Crippen molar-refractivity contribution in [2.24, 2.45) is 5.92 Å². The third-order valence-electron chi connectivity index (χ3n) is 6.37. The van der Waals surface area contributed by atoms with Crippen molar-refractivity contribution < 1.29 is 14.2 Å². The molecule has 122 valence electrons. The summed E-state index contributed by atoms with van der Waals surface area (Å²) in [5.74, 6) is 0.290. The summed E-state index contributed by atoms with van der Waals surface area (Å²) in [6.45, 7) is 7.35. The number of hydrogen-bond acceptors (Lipinski definition) is 3. The van der Waals surface area contributed by atoms with E-state index in [9.17, 15) is 0 Å². The van der Waals surface area contributed by atoms with E-state index in [1.165, 1.54) is 31.3 Å². The molecule has 2 aliphatic carbocycles. The molecule has 4 aliphatic rings. The lowest BCUT2D eigenvalue weighted by atomic mass is 9.68. The summed E-state index contributed by atoms with van der Waals surface area (Å²) in [7, 11) is 1.80. The molecule has 3 nitrogen and oxygen atoms in total. The molecule has 1 spiro atoms. The number of methoxy groups -OCH3 is 1. The zero-order chi connectivity index (χ0) is 15.4. The number of allylic oxidation sites excluding steroid dienone is 1. The van der Waals surface area contributed by atoms with Gasteiger partial charge in [0.15, 0.2) is 0 Å². The maximum absolute atomic E-state index is 6.21. The predicted octanol–water partition coefficient (Wildman–Crippen LogP) is 3.78. The molecule has 2 saturated carbocycles. The molecule has 4 fully saturated rings. The standard InChI is InChI=1S/C19H28O3/c1-13-10-11-19(12-21-19)17(16(13)20-3)18(2)15(22-18)9-8-14-6-4-5-7-14/h8,15-17H,1,4-7,9-12H2,2-3H3/t15-,16-,17-,18-,19+/m1/s1. The van der Waals surface area contributed by atoms with E-state index in [1.807, 2.05) is 0 Å². The Morgan fingerprint density at radius 3 is 2.68 bits per heavy atom. The fourth-order valence-corrected chi connectivity index (χ4v) is 4.86. The molecule has 0 aromatic carbocycles. The van der Waals surface area contributed by atoms with Gasteiger partial charge in [-0.25, -0.2) is 0 Å². The van der Waals surface area contributed by atoms with Crippen LogP contribution in [0.15, 0.2) is 23.8 Å². The first-order valence-corrected chi connectivity index (χ1v) is 8.79. The van der Waals surface area contributed by atoms with E-state index < -0.39 is 0 Å². The number of epoxide rings is 2. The van der Waals surface area contributed by atoms with Crippen molar-refractivity contribution >= 4 is 0 Å². The van der Waals surface area contributed by atoms with E-state index in [1.54, 1.807) is 12.7 Å². The van der Waals surface area contributed by atoms with Crippen molar-refractivity contribution in [3.63, 3.8) is 0 Å². The van der Waals surface area contributed by atoms with Crippen LogP contribution in [0, 0.1) is 5.92 Å². The van der Waals surface area contributed by atoms with Crippen molar-refractivity contribution in [2.75, 3.05) is 13.7 Å². The maximum Gasteiger partial charge on any atom is 0.101 e. The van der Waals surface area contributed by atoms with E-state index >= 15 is 0 Å². The molecule has 0 amide bonds. The molecular weight excluding hydrogens is 276 g/mol. The van der Waals surface area contributed by atoms with Gasteiger partial charge < -0.3 is 14.2 Å². The molecule has 0 N–H and O–H groups in total. The minimum atomic E-state index is -0.115. The predicted molar refractivity (Wildman–Crippen MR) is 85.8 cm³/mol. The van der Waals surface area contributed by atoms with Gasteiger partial charge in [0.25, 0.3) is 0 Å². The third kappa shape index (κ3) is 2.29. The van der Waals surface area contributed by atoms with Crippen LogP contribution in [0.1, 0.15) is 51.9 Å². The fraction of sp³-hybridized carbons (Fsp3) is 0.789. The lowest BCUT2D eigenvalue weighted by Gasteiger charge is -2.39. The second kappa shape index (κ2) is 5.19. The molecule has 0 aromatic rings. The second-order valence-corrected chi connectivity index (χ2v) is 7.74. The second-order valence-electron chi connectivity index (χ2n) is 7.74. The van der Waals surface area contributed by atoms with Crippen LogP contribution in [0.2, 0.25) is 0 Å². The zero-order valence-corrected chi connectivity index (χ0v) is 13.9. The van der Waals surface area contributed by atoms with Crippen LogP contribution in [0.5, 0.6) is 0 Å². The van der Waals surface area contributed by atoms with Crippen molar-refractivity contribution in [1.82, 2.24) is 0 Å². The molecule has 0 bridgehead atoms. The van der Waals surface area contributed by atoms with Gasteiger partial charge in [-0.1, -0.05) is 18.2 Å². The molecule has 3 heteroatoms. The largest absolute Gasteiger partial charge is 0.377 e. The summed E-state index contributed by atoms with van der Waals surface area (Å²) in [4.78, 5) is 0. The first kappa shape index (κ1) is 14.9. The van der Waals surface area contributed by atoms with E-state index in [0.717, 1.165) is 25.9 Å². The van der Waals surface area contributed by atoms with E-state index in [0.29, 0.717) is 12.0 Å². The topological polar surface area (TPSA) is 34.3 Å².